The fourth-order valence-electron chi connectivity index (χ4n) is 2.22. The number of nitrogens with one attached hydrogen (secondary N) is 1. The second-order valence-corrected chi connectivity index (χ2v) is 6.98. The fraction of sp³-hybridized carbons (Fsp3) is 0.909. The molecule has 0 amide bonds. The van der Waals surface area contributed by atoms with E-state index in [9.17, 15) is 13.2 Å². The third-order valence-electron chi connectivity index (χ3n) is 3.81. The lowest BCUT2D eigenvalue weighted by molar-refractivity contribution is -0.143. The van der Waals surface area contributed by atoms with Crippen LogP contribution in [0.4, 0.5) is 0 Å². The maximum atomic E-state index is 12.1. The topological polar surface area (TPSA) is 86.7 Å². The Kier molecular flexibility index (Phi) is 3.93. The number of carboxylic acids is 1. The molecule has 2 rings (SSSR count). The van der Waals surface area contributed by atoms with Crippen molar-refractivity contribution in [1.82, 2.24) is 9.03 Å². The average molecular weight is 276 g/mol. The van der Waals surface area contributed by atoms with E-state index in [1.807, 2.05) is 0 Å². The normalized spacial score (nSPS) is 24.4. The standard InChI is InChI=1S/C11H20N2O4S/c14-10(15)11(5-6-11)9-12-18(16,17)13-7-3-1-2-4-8-13/h12H,1-9H2,(H,14,15). The summed E-state index contributed by atoms with van der Waals surface area (Å²) in [5.74, 6) is -0.902. The van der Waals surface area contributed by atoms with Crippen LogP contribution in [0, 0.1) is 5.41 Å². The summed E-state index contributed by atoms with van der Waals surface area (Å²) >= 11 is 0. The summed E-state index contributed by atoms with van der Waals surface area (Å²) in [7, 11) is -3.51. The van der Waals surface area contributed by atoms with Crippen molar-refractivity contribution in [3.05, 3.63) is 0 Å². The summed E-state index contributed by atoms with van der Waals surface area (Å²) in [5.41, 5.74) is -0.848. The van der Waals surface area contributed by atoms with Crippen molar-refractivity contribution in [2.45, 2.75) is 38.5 Å². The average Bonchev–Trinajstić information content (AvgIpc) is 3.12. The molecule has 0 bridgehead atoms. The van der Waals surface area contributed by atoms with Gasteiger partial charge in [-0.3, -0.25) is 4.79 Å². The minimum absolute atomic E-state index is 0.0150. The molecule has 6 nitrogen and oxygen atoms in total. The Bertz CT molecular complexity index is 409. The molecule has 2 fully saturated rings. The quantitative estimate of drug-likeness (QED) is 0.768. The molecule has 0 aromatic carbocycles. The van der Waals surface area contributed by atoms with Gasteiger partial charge in [-0.15, -0.1) is 0 Å². The molecule has 18 heavy (non-hydrogen) atoms. The van der Waals surface area contributed by atoms with Gasteiger partial charge in [0, 0.05) is 19.6 Å². The van der Waals surface area contributed by atoms with Gasteiger partial charge in [0.15, 0.2) is 0 Å². The summed E-state index contributed by atoms with van der Waals surface area (Å²) in [6, 6.07) is 0. The Morgan fingerprint density at radius 3 is 2.17 bits per heavy atom. The predicted octanol–water partition coefficient (Wildman–Crippen LogP) is 0.562. The first-order valence-corrected chi connectivity index (χ1v) is 7.88. The van der Waals surface area contributed by atoms with E-state index in [2.05, 4.69) is 4.72 Å². The van der Waals surface area contributed by atoms with E-state index in [4.69, 9.17) is 5.11 Å². The van der Waals surface area contributed by atoms with Gasteiger partial charge < -0.3 is 5.11 Å². The summed E-state index contributed by atoms with van der Waals surface area (Å²) in [5, 5.41) is 9.01. The second kappa shape index (κ2) is 5.14. The zero-order chi connectivity index (χ0) is 13.2. The number of carbonyl (C=O) groups is 1. The van der Waals surface area contributed by atoms with Gasteiger partial charge in [-0.1, -0.05) is 12.8 Å². The Labute approximate surface area is 108 Å². The van der Waals surface area contributed by atoms with Crippen LogP contribution in [0.15, 0.2) is 0 Å². The minimum Gasteiger partial charge on any atom is -0.481 e. The minimum atomic E-state index is -3.51. The SMILES string of the molecule is O=C(O)C1(CNS(=O)(=O)N2CCCCCC2)CC1. The number of carboxylic acid groups (broad SMARTS) is 1. The van der Waals surface area contributed by atoms with Crippen molar-refractivity contribution in [2.24, 2.45) is 5.41 Å². The van der Waals surface area contributed by atoms with Gasteiger partial charge in [-0.25, -0.2) is 4.72 Å². The zero-order valence-corrected chi connectivity index (χ0v) is 11.2. The first-order chi connectivity index (χ1) is 8.46. The molecule has 0 spiro atoms. The largest absolute Gasteiger partial charge is 0.481 e. The van der Waals surface area contributed by atoms with E-state index < -0.39 is 21.6 Å². The molecule has 1 aliphatic carbocycles. The lowest BCUT2D eigenvalue weighted by atomic mass is 10.1. The highest BCUT2D eigenvalue weighted by atomic mass is 32.2. The molecule has 1 saturated heterocycles. The Morgan fingerprint density at radius 1 is 1.17 bits per heavy atom. The number of hydrogen-bond acceptors (Lipinski definition) is 3. The van der Waals surface area contributed by atoms with Gasteiger partial charge >= 0.3 is 5.97 Å². The molecule has 0 unspecified atom stereocenters. The molecule has 0 atom stereocenters. The first-order valence-electron chi connectivity index (χ1n) is 6.44. The lowest BCUT2D eigenvalue weighted by Crippen LogP contribution is -2.44. The summed E-state index contributed by atoms with van der Waals surface area (Å²) < 4.78 is 28.0. The van der Waals surface area contributed by atoms with Crippen LogP contribution in [0.5, 0.6) is 0 Å². The maximum absolute atomic E-state index is 12.1. The van der Waals surface area contributed by atoms with Gasteiger partial charge in [0.05, 0.1) is 5.41 Å². The summed E-state index contributed by atoms with van der Waals surface area (Å²) in [4.78, 5) is 11.0. The van der Waals surface area contributed by atoms with Crippen LogP contribution in [0.1, 0.15) is 38.5 Å². The van der Waals surface area contributed by atoms with Gasteiger partial charge in [-0.05, 0) is 25.7 Å². The molecule has 2 N–H and O–H groups in total. The van der Waals surface area contributed by atoms with Crippen LogP contribution >= 0.6 is 0 Å². The maximum Gasteiger partial charge on any atom is 0.310 e. The smallest absolute Gasteiger partial charge is 0.310 e. The highest BCUT2D eigenvalue weighted by Crippen LogP contribution is 2.45. The van der Waals surface area contributed by atoms with Crippen molar-refractivity contribution in [1.29, 1.82) is 0 Å². The van der Waals surface area contributed by atoms with Crippen molar-refractivity contribution in [3.8, 4) is 0 Å². The number of rotatable bonds is 5. The van der Waals surface area contributed by atoms with Crippen LogP contribution in [0.2, 0.25) is 0 Å². The molecule has 0 aromatic rings. The Hall–Kier alpha value is -0.660. The highest BCUT2D eigenvalue weighted by molar-refractivity contribution is 7.87. The van der Waals surface area contributed by atoms with Crippen LogP contribution in [0.25, 0.3) is 0 Å². The number of nitrogens with zero attached hydrogens (tertiary/aromatic N) is 1. The van der Waals surface area contributed by atoms with E-state index in [1.54, 1.807) is 0 Å². The molecule has 1 aliphatic heterocycles. The highest BCUT2D eigenvalue weighted by Gasteiger charge is 2.50. The molecule has 1 heterocycles. The van der Waals surface area contributed by atoms with Gasteiger partial charge in [0.1, 0.15) is 0 Å². The van der Waals surface area contributed by atoms with Crippen LogP contribution < -0.4 is 4.72 Å². The molecule has 2 aliphatic rings. The van der Waals surface area contributed by atoms with E-state index in [1.165, 1.54) is 4.31 Å². The summed E-state index contributed by atoms with van der Waals surface area (Å²) in [6.45, 7) is 1.09. The molecule has 0 radical (unpaired) electrons. The third kappa shape index (κ3) is 3.02. The van der Waals surface area contributed by atoms with Crippen molar-refractivity contribution in [2.75, 3.05) is 19.6 Å². The van der Waals surface area contributed by atoms with E-state index >= 15 is 0 Å². The summed E-state index contributed by atoms with van der Waals surface area (Å²) in [6.07, 6.45) is 5.00. The van der Waals surface area contributed by atoms with Crippen molar-refractivity contribution >= 4 is 16.2 Å². The van der Waals surface area contributed by atoms with Crippen LogP contribution in [-0.2, 0) is 15.0 Å². The van der Waals surface area contributed by atoms with Crippen molar-refractivity contribution < 1.29 is 18.3 Å². The van der Waals surface area contributed by atoms with Crippen LogP contribution in [0.3, 0.4) is 0 Å². The predicted molar refractivity (Wildman–Crippen MR) is 66.3 cm³/mol. The Balaban J connectivity index is 1.92. The molecule has 104 valence electrons. The van der Waals surface area contributed by atoms with Crippen molar-refractivity contribution in [3.63, 3.8) is 0 Å². The monoisotopic (exact) mass is 276 g/mol. The van der Waals surface area contributed by atoms with Gasteiger partial charge in [0.2, 0.25) is 0 Å². The zero-order valence-electron chi connectivity index (χ0n) is 10.4. The van der Waals surface area contributed by atoms with E-state index in [0.717, 1.165) is 25.7 Å². The molecule has 1 saturated carbocycles. The first kappa shape index (κ1) is 13.8. The molecular weight excluding hydrogens is 256 g/mol. The Morgan fingerprint density at radius 2 is 1.72 bits per heavy atom. The van der Waals surface area contributed by atoms with E-state index in [-0.39, 0.29) is 6.54 Å². The number of hydrogen-bond donors (Lipinski definition) is 2. The van der Waals surface area contributed by atoms with Gasteiger partial charge in [0.25, 0.3) is 10.2 Å². The fourth-order valence-corrected chi connectivity index (χ4v) is 3.60. The third-order valence-corrected chi connectivity index (χ3v) is 5.36. The van der Waals surface area contributed by atoms with E-state index in [0.29, 0.717) is 25.9 Å². The number of aliphatic carboxylic acids is 1. The molecular formula is C11H20N2O4S. The van der Waals surface area contributed by atoms with Gasteiger partial charge in [-0.2, -0.15) is 12.7 Å². The molecule has 7 heteroatoms. The van der Waals surface area contributed by atoms with Crippen LogP contribution in [-0.4, -0.2) is 43.4 Å². The lowest BCUT2D eigenvalue weighted by Gasteiger charge is -2.21. The molecule has 0 aromatic heterocycles. The second-order valence-electron chi connectivity index (χ2n) is 5.22.